The molecule has 146 valence electrons. The average Bonchev–Trinajstić information content (AvgIpc) is 2.92. The van der Waals surface area contributed by atoms with Crippen LogP contribution in [-0.4, -0.2) is 21.8 Å². The second-order valence-electron chi connectivity index (χ2n) is 7.18. The van der Waals surface area contributed by atoms with Gasteiger partial charge in [0.05, 0.1) is 18.7 Å². The van der Waals surface area contributed by atoms with Crippen LogP contribution in [0.4, 0.5) is 5.69 Å². The van der Waals surface area contributed by atoms with Crippen molar-refractivity contribution in [2.75, 3.05) is 4.90 Å². The molecule has 0 saturated carbocycles. The molecule has 0 spiro atoms. The molecule has 0 aliphatic carbocycles. The van der Waals surface area contributed by atoms with Crippen molar-refractivity contribution in [3.05, 3.63) is 94.3 Å². The first kappa shape index (κ1) is 19.3. The molecule has 2 aromatic carbocycles. The second kappa shape index (κ2) is 7.43. The van der Waals surface area contributed by atoms with E-state index in [1.54, 1.807) is 30.3 Å². The van der Waals surface area contributed by atoms with Gasteiger partial charge >= 0.3 is 0 Å². The van der Waals surface area contributed by atoms with Crippen LogP contribution in [-0.2, 0) is 16.9 Å². The minimum absolute atomic E-state index is 0.298. The van der Waals surface area contributed by atoms with Gasteiger partial charge in [-0.05, 0) is 48.4 Å². The Hall–Kier alpha value is -3.02. The number of aliphatic hydroxyl groups is 1. The molecule has 5 nitrogen and oxygen atoms in total. The van der Waals surface area contributed by atoms with E-state index in [1.165, 1.54) is 17.3 Å². The maximum atomic E-state index is 13.3. The van der Waals surface area contributed by atoms with Gasteiger partial charge in [0.1, 0.15) is 0 Å². The van der Waals surface area contributed by atoms with Gasteiger partial charge in [0.2, 0.25) is 0 Å². The maximum Gasteiger partial charge on any atom is 0.264 e. The topological polar surface area (TPSA) is 70.5 Å². The number of amides is 1. The number of hydrogen-bond donors (Lipinski definition) is 1. The van der Waals surface area contributed by atoms with Gasteiger partial charge in [0, 0.05) is 28.5 Å². The normalized spacial score (nSPS) is 18.0. The number of pyridine rings is 1. The zero-order chi connectivity index (χ0) is 20.6. The van der Waals surface area contributed by atoms with Crippen molar-refractivity contribution >= 4 is 29.0 Å². The van der Waals surface area contributed by atoms with E-state index in [9.17, 15) is 14.7 Å². The molecule has 1 unspecified atom stereocenters. The van der Waals surface area contributed by atoms with Crippen LogP contribution in [0.3, 0.4) is 0 Å². The fourth-order valence-electron chi connectivity index (χ4n) is 3.68. The third-order valence-corrected chi connectivity index (χ3v) is 5.54. The van der Waals surface area contributed by atoms with Crippen LogP contribution in [0.25, 0.3) is 0 Å². The number of benzene rings is 2. The van der Waals surface area contributed by atoms with E-state index in [1.807, 2.05) is 31.2 Å². The second-order valence-corrected chi connectivity index (χ2v) is 7.61. The van der Waals surface area contributed by atoms with E-state index in [2.05, 4.69) is 4.98 Å². The fraction of sp³-hybridized carbons (Fsp3) is 0.174. The molecular weight excluding hydrogens is 388 g/mol. The average molecular weight is 407 g/mol. The molecule has 0 saturated heterocycles. The Kier molecular flexibility index (Phi) is 4.94. The zero-order valence-corrected chi connectivity index (χ0v) is 16.6. The fourth-order valence-corrected chi connectivity index (χ4v) is 3.85. The van der Waals surface area contributed by atoms with Crippen molar-refractivity contribution < 1.29 is 14.7 Å². The van der Waals surface area contributed by atoms with Crippen molar-refractivity contribution in [1.29, 1.82) is 0 Å². The number of halogens is 1. The molecule has 29 heavy (non-hydrogen) atoms. The number of Topliss-reactive ketones (excluding diaryl/α,β-unsaturated/α-hetero) is 1. The molecule has 1 aliphatic rings. The van der Waals surface area contributed by atoms with Crippen LogP contribution in [0.1, 0.15) is 33.5 Å². The summed E-state index contributed by atoms with van der Waals surface area (Å²) in [4.78, 5) is 31.5. The molecule has 0 fully saturated rings. The van der Waals surface area contributed by atoms with Crippen molar-refractivity contribution in [3.8, 4) is 0 Å². The Morgan fingerprint density at radius 1 is 1.14 bits per heavy atom. The van der Waals surface area contributed by atoms with Crippen LogP contribution in [0.15, 0.2) is 67.0 Å². The predicted molar refractivity (Wildman–Crippen MR) is 111 cm³/mol. The highest BCUT2D eigenvalue weighted by molar-refractivity contribution is 6.31. The summed E-state index contributed by atoms with van der Waals surface area (Å²) in [5.41, 5.74) is 1.34. The minimum atomic E-state index is -1.97. The highest BCUT2D eigenvalue weighted by Gasteiger charge is 2.51. The first-order chi connectivity index (χ1) is 13.9. The minimum Gasteiger partial charge on any atom is -0.375 e. The Balaban J connectivity index is 1.73. The number of ketones is 1. The molecule has 0 radical (unpaired) electrons. The van der Waals surface area contributed by atoms with Crippen molar-refractivity contribution in [3.63, 3.8) is 0 Å². The van der Waals surface area contributed by atoms with Crippen molar-refractivity contribution in [1.82, 2.24) is 4.98 Å². The van der Waals surface area contributed by atoms with Crippen molar-refractivity contribution in [2.24, 2.45) is 0 Å². The summed E-state index contributed by atoms with van der Waals surface area (Å²) in [6, 6.07) is 15.8. The summed E-state index contributed by atoms with van der Waals surface area (Å²) < 4.78 is 0. The van der Waals surface area contributed by atoms with Gasteiger partial charge in [-0.25, -0.2) is 0 Å². The highest BCUT2D eigenvalue weighted by Crippen LogP contribution is 2.44. The van der Waals surface area contributed by atoms with Gasteiger partial charge in [-0.3, -0.25) is 14.6 Å². The number of rotatable bonds is 5. The number of anilines is 1. The number of carbonyl (C=O) groups excluding carboxylic acids is 2. The number of aromatic nitrogens is 1. The Morgan fingerprint density at radius 3 is 2.59 bits per heavy atom. The molecular formula is C23H19ClN2O3. The van der Waals surface area contributed by atoms with E-state index < -0.39 is 11.5 Å². The smallest absolute Gasteiger partial charge is 0.264 e. The number of hydrogen-bond acceptors (Lipinski definition) is 4. The van der Waals surface area contributed by atoms with Gasteiger partial charge in [-0.15, -0.1) is 0 Å². The first-order valence-electron chi connectivity index (χ1n) is 9.22. The lowest BCUT2D eigenvalue weighted by Gasteiger charge is -2.23. The Labute approximate surface area is 173 Å². The Morgan fingerprint density at radius 2 is 1.86 bits per heavy atom. The van der Waals surface area contributed by atoms with Gasteiger partial charge in [0.15, 0.2) is 11.4 Å². The first-order valence-corrected chi connectivity index (χ1v) is 9.60. The Bertz CT molecular complexity index is 1100. The number of aryl methyl sites for hydroxylation is 1. The van der Waals surface area contributed by atoms with Crippen LogP contribution >= 0.6 is 11.6 Å². The summed E-state index contributed by atoms with van der Waals surface area (Å²) in [6.45, 7) is 2.27. The number of carbonyl (C=O) groups is 2. The zero-order valence-electron chi connectivity index (χ0n) is 15.8. The summed E-state index contributed by atoms with van der Waals surface area (Å²) in [5.74, 6) is -0.868. The largest absolute Gasteiger partial charge is 0.375 e. The van der Waals surface area contributed by atoms with Gasteiger partial charge in [0.25, 0.3) is 5.91 Å². The van der Waals surface area contributed by atoms with Crippen LogP contribution in [0, 0.1) is 6.92 Å². The molecule has 0 bridgehead atoms. The molecule has 6 heteroatoms. The summed E-state index contributed by atoms with van der Waals surface area (Å²) >= 11 is 6.15. The maximum absolute atomic E-state index is 13.3. The van der Waals surface area contributed by atoms with Crippen LogP contribution < -0.4 is 4.90 Å². The molecule has 1 atom stereocenters. The standard InChI is InChI=1S/C23H19ClN2O3/c1-15-4-2-3-5-17(15)14-26-20-7-6-18(24)12-19(20)23(29,22(26)28)13-21(27)16-8-10-25-11-9-16/h2-12,29H,13-14H2,1H3. The van der Waals surface area contributed by atoms with Crippen LogP contribution in [0.5, 0.6) is 0 Å². The van der Waals surface area contributed by atoms with E-state index in [0.29, 0.717) is 28.4 Å². The van der Waals surface area contributed by atoms with E-state index in [0.717, 1.165) is 11.1 Å². The molecule has 1 aromatic heterocycles. The molecule has 4 rings (SSSR count). The number of nitrogens with zero attached hydrogens (tertiary/aromatic N) is 2. The van der Waals surface area contributed by atoms with Crippen LogP contribution in [0.2, 0.25) is 5.02 Å². The lowest BCUT2D eigenvalue weighted by Crippen LogP contribution is -2.41. The summed E-state index contributed by atoms with van der Waals surface area (Å²) in [7, 11) is 0. The summed E-state index contributed by atoms with van der Waals surface area (Å²) in [6.07, 6.45) is 2.64. The van der Waals surface area contributed by atoms with E-state index in [4.69, 9.17) is 11.6 Å². The monoisotopic (exact) mass is 406 g/mol. The highest BCUT2D eigenvalue weighted by atomic mass is 35.5. The lowest BCUT2D eigenvalue weighted by atomic mass is 9.88. The third-order valence-electron chi connectivity index (χ3n) is 5.30. The molecule has 3 aromatic rings. The summed E-state index contributed by atoms with van der Waals surface area (Å²) in [5, 5.41) is 11.8. The molecule has 1 aliphatic heterocycles. The van der Waals surface area contributed by atoms with E-state index in [-0.39, 0.29) is 12.2 Å². The quantitative estimate of drug-likeness (QED) is 0.649. The van der Waals surface area contributed by atoms with E-state index >= 15 is 0 Å². The number of fused-ring (bicyclic) bond motifs is 1. The predicted octanol–water partition coefficient (Wildman–Crippen LogP) is 4.05. The van der Waals surface area contributed by atoms with Crippen molar-refractivity contribution in [2.45, 2.75) is 25.5 Å². The third kappa shape index (κ3) is 3.43. The van der Waals surface area contributed by atoms with Gasteiger partial charge in [-0.1, -0.05) is 35.9 Å². The SMILES string of the molecule is Cc1ccccc1CN1C(=O)C(O)(CC(=O)c2ccncc2)c2cc(Cl)ccc21. The van der Waals surface area contributed by atoms with Gasteiger partial charge < -0.3 is 10.0 Å². The molecule has 1 N–H and O–H groups in total. The molecule has 1 amide bonds. The van der Waals surface area contributed by atoms with Gasteiger partial charge in [-0.2, -0.15) is 0 Å². The molecule has 2 heterocycles. The lowest BCUT2D eigenvalue weighted by molar-refractivity contribution is -0.136.